The average Bonchev–Trinajstić information content (AvgIpc) is 2.37. The second kappa shape index (κ2) is 8.46. The molecular formula is C16H27N3O. The summed E-state index contributed by atoms with van der Waals surface area (Å²) < 4.78 is 0. The molecule has 4 heteroatoms. The maximum absolute atomic E-state index is 12.0. The summed E-state index contributed by atoms with van der Waals surface area (Å²) in [4.78, 5) is 14.1. The van der Waals surface area contributed by atoms with Crippen LogP contribution in [0, 0.1) is 5.92 Å². The second-order valence-corrected chi connectivity index (χ2v) is 5.55. The molecule has 3 N–H and O–H groups in total. The van der Waals surface area contributed by atoms with Crippen LogP contribution in [0.2, 0.25) is 0 Å². The molecule has 0 aliphatic heterocycles. The minimum absolute atomic E-state index is 0.0709. The van der Waals surface area contributed by atoms with E-state index in [1.54, 1.807) is 0 Å². The van der Waals surface area contributed by atoms with Crippen LogP contribution in [0.5, 0.6) is 0 Å². The Balaban J connectivity index is 2.56. The van der Waals surface area contributed by atoms with E-state index >= 15 is 0 Å². The lowest BCUT2D eigenvalue weighted by Crippen LogP contribution is -2.38. The lowest BCUT2D eigenvalue weighted by molar-refractivity contribution is -0.119. The Labute approximate surface area is 122 Å². The van der Waals surface area contributed by atoms with Crippen LogP contribution in [0.25, 0.3) is 0 Å². The van der Waals surface area contributed by atoms with Gasteiger partial charge in [0.2, 0.25) is 5.91 Å². The molecule has 1 rings (SSSR count). The highest BCUT2D eigenvalue weighted by Crippen LogP contribution is 2.17. The molecule has 1 aromatic carbocycles. The van der Waals surface area contributed by atoms with Gasteiger partial charge in [0.1, 0.15) is 0 Å². The van der Waals surface area contributed by atoms with Gasteiger partial charge in [-0.05, 0) is 37.0 Å². The molecule has 4 nitrogen and oxygen atoms in total. The third-order valence-electron chi connectivity index (χ3n) is 3.11. The Morgan fingerprint density at radius 1 is 1.40 bits per heavy atom. The topological polar surface area (TPSA) is 58.4 Å². The number of benzene rings is 1. The first-order valence-electron chi connectivity index (χ1n) is 7.40. The molecule has 0 saturated heterocycles. The molecule has 0 spiro atoms. The van der Waals surface area contributed by atoms with E-state index in [0.29, 0.717) is 12.5 Å². The molecule has 0 fully saturated rings. The van der Waals surface area contributed by atoms with Gasteiger partial charge in [0.25, 0.3) is 0 Å². The van der Waals surface area contributed by atoms with Crippen LogP contribution in [-0.4, -0.2) is 25.5 Å². The molecule has 1 amide bonds. The Morgan fingerprint density at radius 3 is 2.75 bits per heavy atom. The Morgan fingerprint density at radius 2 is 2.15 bits per heavy atom. The predicted molar refractivity (Wildman–Crippen MR) is 85.8 cm³/mol. The van der Waals surface area contributed by atoms with E-state index in [1.165, 1.54) is 0 Å². The predicted octanol–water partition coefficient (Wildman–Crippen LogP) is 2.65. The van der Waals surface area contributed by atoms with Crippen molar-refractivity contribution in [2.24, 2.45) is 5.92 Å². The monoisotopic (exact) mass is 277 g/mol. The number of carbonyl (C=O) groups excluding carboxylic acids is 1. The number of hydrogen-bond donors (Lipinski definition) is 2. The Kier molecular flexibility index (Phi) is 6.91. The zero-order valence-electron chi connectivity index (χ0n) is 12.9. The molecule has 0 radical (unpaired) electrons. The van der Waals surface area contributed by atoms with E-state index in [-0.39, 0.29) is 5.91 Å². The van der Waals surface area contributed by atoms with Gasteiger partial charge in [-0.25, -0.2) is 0 Å². The van der Waals surface area contributed by atoms with Crippen LogP contribution >= 0.6 is 0 Å². The molecule has 0 aliphatic rings. The van der Waals surface area contributed by atoms with Crippen molar-refractivity contribution in [3.05, 3.63) is 24.3 Å². The number of nitrogens with zero attached hydrogens (tertiary/aromatic N) is 1. The van der Waals surface area contributed by atoms with Gasteiger partial charge in [-0.1, -0.05) is 26.8 Å². The van der Waals surface area contributed by atoms with Crippen molar-refractivity contribution in [3.63, 3.8) is 0 Å². The molecule has 0 saturated carbocycles. The summed E-state index contributed by atoms with van der Waals surface area (Å²) in [6, 6.07) is 7.69. The van der Waals surface area contributed by atoms with Gasteiger partial charge in [0, 0.05) is 24.5 Å². The highest BCUT2D eigenvalue weighted by Gasteiger charge is 2.11. The SMILES string of the molecule is CCCN(CC(=O)NCCC(C)C)c1cccc(N)c1. The highest BCUT2D eigenvalue weighted by molar-refractivity contribution is 5.81. The molecular weight excluding hydrogens is 250 g/mol. The number of rotatable bonds is 8. The Bertz CT molecular complexity index is 418. The van der Waals surface area contributed by atoms with Gasteiger partial charge < -0.3 is 16.0 Å². The number of nitrogens with one attached hydrogen (secondary N) is 1. The molecule has 0 heterocycles. The summed E-state index contributed by atoms with van der Waals surface area (Å²) in [5.74, 6) is 0.678. The maximum Gasteiger partial charge on any atom is 0.239 e. The van der Waals surface area contributed by atoms with Crippen molar-refractivity contribution < 1.29 is 4.79 Å². The molecule has 0 aromatic heterocycles. The third kappa shape index (κ3) is 5.95. The first-order valence-corrected chi connectivity index (χ1v) is 7.40. The molecule has 20 heavy (non-hydrogen) atoms. The largest absolute Gasteiger partial charge is 0.399 e. The number of nitrogens with two attached hydrogens (primary N) is 1. The highest BCUT2D eigenvalue weighted by atomic mass is 16.2. The van der Waals surface area contributed by atoms with E-state index in [2.05, 4.69) is 31.0 Å². The number of anilines is 2. The third-order valence-corrected chi connectivity index (χ3v) is 3.11. The first kappa shape index (κ1) is 16.3. The fourth-order valence-electron chi connectivity index (χ4n) is 2.02. The quantitative estimate of drug-likeness (QED) is 0.718. The van der Waals surface area contributed by atoms with Crippen LogP contribution in [0.3, 0.4) is 0 Å². The summed E-state index contributed by atoms with van der Waals surface area (Å²) in [7, 11) is 0. The van der Waals surface area contributed by atoms with E-state index in [9.17, 15) is 4.79 Å². The zero-order chi connectivity index (χ0) is 15.0. The smallest absolute Gasteiger partial charge is 0.239 e. The normalized spacial score (nSPS) is 10.6. The van der Waals surface area contributed by atoms with Gasteiger partial charge in [-0.15, -0.1) is 0 Å². The minimum atomic E-state index is 0.0709. The van der Waals surface area contributed by atoms with Crippen LogP contribution in [0.4, 0.5) is 11.4 Å². The van der Waals surface area contributed by atoms with Crippen molar-refractivity contribution in [1.82, 2.24) is 5.32 Å². The number of amides is 1. The molecule has 0 aliphatic carbocycles. The van der Waals surface area contributed by atoms with Crippen molar-refractivity contribution in [3.8, 4) is 0 Å². The minimum Gasteiger partial charge on any atom is -0.399 e. The van der Waals surface area contributed by atoms with Crippen LogP contribution in [0.15, 0.2) is 24.3 Å². The van der Waals surface area contributed by atoms with Crippen LogP contribution < -0.4 is 16.0 Å². The molecule has 1 aromatic rings. The fourth-order valence-corrected chi connectivity index (χ4v) is 2.02. The van der Waals surface area contributed by atoms with Crippen molar-refractivity contribution >= 4 is 17.3 Å². The fraction of sp³-hybridized carbons (Fsp3) is 0.562. The van der Waals surface area contributed by atoms with E-state index in [0.717, 1.165) is 37.3 Å². The summed E-state index contributed by atoms with van der Waals surface area (Å²) >= 11 is 0. The lowest BCUT2D eigenvalue weighted by atomic mass is 10.1. The van der Waals surface area contributed by atoms with Gasteiger partial charge in [-0.3, -0.25) is 4.79 Å². The number of nitrogen functional groups attached to an aromatic ring is 1. The van der Waals surface area contributed by atoms with E-state index < -0.39 is 0 Å². The van der Waals surface area contributed by atoms with Gasteiger partial charge in [0.15, 0.2) is 0 Å². The molecule has 112 valence electrons. The van der Waals surface area contributed by atoms with E-state index in [1.807, 2.05) is 24.3 Å². The summed E-state index contributed by atoms with van der Waals surface area (Å²) in [5, 5.41) is 2.98. The van der Waals surface area contributed by atoms with Gasteiger partial charge in [0.05, 0.1) is 6.54 Å². The standard InChI is InChI=1S/C16H27N3O/c1-4-10-19(15-7-5-6-14(17)11-15)12-16(20)18-9-8-13(2)3/h5-7,11,13H,4,8-10,12,17H2,1-3H3,(H,18,20). The first-order chi connectivity index (χ1) is 9.52. The lowest BCUT2D eigenvalue weighted by Gasteiger charge is -2.24. The van der Waals surface area contributed by atoms with Gasteiger partial charge in [-0.2, -0.15) is 0 Å². The van der Waals surface area contributed by atoms with E-state index in [4.69, 9.17) is 5.73 Å². The average molecular weight is 277 g/mol. The number of hydrogen-bond acceptors (Lipinski definition) is 3. The van der Waals surface area contributed by atoms with Crippen LogP contribution in [-0.2, 0) is 4.79 Å². The molecule has 0 bridgehead atoms. The molecule has 0 atom stereocenters. The summed E-state index contributed by atoms with van der Waals surface area (Å²) in [6.45, 7) is 8.39. The van der Waals surface area contributed by atoms with Gasteiger partial charge >= 0.3 is 0 Å². The molecule has 0 unspecified atom stereocenters. The van der Waals surface area contributed by atoms with Crippen molar-refractivity contribution in [1.29, 1.82) is 0 Å². The zero-order valence-corrected chi connectivity index (χ0v) is 12.9. The Hall–Kier alpha value is -1.71. The van der Waals surface area contributed by atoms with Crippen molar-refractivity contribution in [2.75, 3.05) is 30.3 Å². The summed E-state index contributed by atoms with van der Waals surface area (Å²) in [6.07, 6.45) is 2.01. The van der Waals surface area contributed by atoms with Crippen LogP contribution in [0.1, 0.15) is 33.6 Å². The maximum atomic E-state index is 12.0. The van der Waals surface area contributed by atoms with Crippen molar-refractivity contribution in [2.45, 2.75) is 33.6 Å². The summed E-state index contributed by atoms with van der Waals surface area (Å²) in [5.41, 5.74) is 7.54. The number of carbonyl (C=O) groups is 1. The second-order valence-electron chi connectivity index (χ2n) is 5.55.